The summed E-state index contributed by atoms with van der Waals surface area (Å²) in [4.78, 5) is 13.7. The molecule has 1 aromatic rings. The van der Waals surface area contributed by atoms with Crippen LogP contribution in [0.25, 0.3) is 0 Å². The minimum atomic E-state index is -0.468. The number of amides is 1. The molecule has 1 saturated heterocycles. The van der Waals surface area contributed by atoms with E-state index in [1.165, 1.54) is 0 Å². The van der Waals surface area contributed by atoms with E-state index in [-0.39, 0.29) is 12.1 Å². The molecule has 1 atom stereocenters. The molecule has 0 spiro atoms. The number of aromatic nitrogens is 2. The van der Waals surface area contributed by atoms with Crippen LogP contribution >= 0.6 is 15.9 Å². The fraction of sp³-hybridized carbons (Fsp3) is 0.692. The van der Waals surface area contributed by atoms with Gasteiger partial charge in [-0.15, -0.1) is 0 Å². The van der Waals surface area contributed by atoms with Gasteiger partial charge in [0, 0.05) is 13.6 Å². The highest BCUT2D eigenvalue weighted by Crippen LogP contribution is 2.26. The lowest BCUT2D eigenvalue weighted by Gasteiger charge is -2.40. The standard InChI is InChI=1S/C13H20BrN3O3/c1-13(2,3)20-12(18)17-6-5-9(17)8-19-10-7-15-16(4)11(10)14/h7,9H,5-6,8H2,1-4H3/t9-/m0/s1. The minimum Gasteiger partial charge on any atom is -0.487 e. The lowest BCUT2D eigenvalue weighted by molar-refractivity contribution is -0.0142. The van der Waals surface area contributed by atoms with Crippen molar-refractivity contribution >= 4 is 22.0 Å². The Morgan fingerprint density at radius 2 is 2.25 bits per heavy atom. The van der Waals surface area contributed by atoms with Crippen molar-refractivity contribution in [2.24, 2.45) is 7.05 Å². The lowest BCUT2D eigenvalue weighted by atomic mass is 10.1. The number of carbonyl (C=O) groups excluding carboxylic acids is 1. The van der Waals surface area contributed by atoms with Crippen LogP contribution in [-0.4, -0.2) is 45.6 Å². The van der Waals surface area contributed by atoms with Gasteiger partial charge in [-0.25, -0.2) is 4.79 Å². The Balaban J connectivity index is 1.85. The van der Waals surface area contributed by atoms with E-state index in [9.17, 15) is 4.79 Å². The van der Waals surface area contributed by atoms with Gasteiger partial charge in [0.25, 0.3) is 0 Å². The summed E-state index contributed by atoms with van der Waals surface area (Å²) in [5, 5.41) is 4.08. The van der Waals surface area contributed by atoms with Gasteiger partial charge in [0.2, 0.25) is 0 Å². The third-order valence-electron chi connectivity index (χ3n) is 3.04. The van der Waals surface area contributed by atoms with E-state index in [2.05, 4.69) is 21.0 Å². The van der Waals surface area contributed by atoms with Crippen LogP contribution in [0.15, 0.2) is 10.8 Å². The molecule has 1 aliphatic rings. The Morgan fingerprint density at radius 1 is 1.55 bits per heavy atom. The van der Waals surface area contributed by atoms with Crippen molar-refractivity contribution in [1.82, 2.24) is 14.7 Å². The Morgan fingerprint density at radius 3 is 2.70 bits per heavy atom. The molecule has 7 heteroatoms. The highest BCUT2D eigenvalue weighted by Gasteiger charge is 2.35. The number of ether oxygens (including phenoxy) is 2. The number of carbonyl (C=O) groups is 1. The second-order valence-electron chi connectivity index (χ2n) is 5.85. The number of likely N-dealkylation sites (tertiary alicyclic amines) is 1. The van der Waals surface area contributed by atoms with Crippen LogP contribution < -0.4 is 4.74 Å². The van der Waals surface area contributed by atoms with Gasteiger partial charge in [-0.3, -0.25) is 4.68 Å². The molecule has 2 rings (SSSR count). The first-order valence-electron chi connectivity index (χ1n) is 6.58. The van der Waals surface area contributed by atoms with E-state index in [0.29, 0.717) is 12.4 Å². The molecule has 1 fully saturated rings. The maximum absolute atomic E-state index is 12.0. The maximum atomic E-state index is 12.0. The number of rotatable bonds is 3. The zero-order valence-corrected chi connectivity index (χ0v) is 13.8. The van der Waals surface area contributed by atoms with Crippen molar-refractivity contribution in [1.29, 1.82) is 0 Å². The molecule has 2 heterocycles. The zero-order valence-electron chi connectivity index (χ0n) is 12.2. The molecule has 0 aliphatic carbocycles. The molecule has 20 heavy (non-hydrogen) atoms. The van der Waals surface area contributed by atoms with Crippen molar-refractivity contribution in [2.45, 2.75) is 38.8 Å². The molecular formula is C13H20BrN3O3. The van der Waals surface area contributed by atoms with E-state index >= 15 is 0 Å². The van der Waals surface area contributed by atoms with Crippen molar-refractivity contribution in [2.75, 3.05) is 13.2 Å². The molecule has 0 radical (unpaired) electrons. The Labute approximate surface area is 127 Å². The molecule has 1 amide bonds. The third-order valence-corrected chi connectivity index (χ3v) is 3.94. The monoisotopic (exact) mass is 345 g/mol. The maximum Gasteiger partial charge on any atom is 0.410 e. The first-order chi connectivity index (χ1) is 9.28. The third kappa shape index (κ3) is 3.45. The molecule has 0 aromatic carbocycles. The largest absolute Gasteiger partial charge is 0.487 e. The average Bonchev–Trinajstić information content (AvgIpc) is 2.56. The Kier molecular flexibility index (Phi) is 4.27. The van der Waals surface area contributed by atoms with Gasteiger partial charge in [-0.05, 0) is 43.1 Å². The zero-order chi connectivity index (χ0) is 14.9. The van der Waals surface area contributed by atoms with Crippen molar-refractivity contribution in [3.8, 4) is 5.75 Å². The second-order valence-corrected chi connectivity index (χ2v) is 6.60. The van der Waals surface area contributed by atoms with Crippen molar-refractivity contribution < 1.29 is 14.3 Å². The number of hydrogen-bond acceptors (Lipinski definition) is 4. The van der Waals surface area contributed by atoms with Gasteiger partial charge in [-0.1, -0.05) is 0 Å². The molecule has 112 valence electrons. The highest BCUT2D eigenvalue weighted by molar-refractivity contribution is 9.10. The molecule has 0 unspecified atom stereocenters. The molecule has 0 N–H and O–H groups in total. The number of hydrogen-bond donors (Lipinski definition) is 0. The summed E-state index contributed by atoms with van der Waals surface area (Å²) in [6.45, 7) is 6.76. The lowest BCUT2D eigenvalue weighted by Crippen LogP contribution is -2.55. The van der Waals surface area contributed by atoms with Gasteiger partial charge in [0.05, 0.1) is 12.2 Å². The van der Waals surface area contributed by atoms with Crippen LogP contribution in [0.1, 0.15) is 27.2 Å². The Bertz CT molecular complexity index is 496. The second kappa shape index (κ2) is 5.63. The topological polar surface area (TPSA) is 56.6 Å². The molecule has 0 saturated carbocycles. The predicted molar refractivity (Wildman–Crippen MR) is 77.7 cm³/mol. The fourth-order valence-electron chi connectivity index (χ4n) is 1.86. The van der Waals surface area contributed by atoms with Gasteiger partial charge < -0.3 is 14.4 Å². The number of nitrogens with zero attached hydrogens (tertiary/aromatic N) is 3. The summed E-state index contributed by atoms with van der Waals surface area (Å²) >= 11 is 3.39. The molecule has 1 aliphatic heterocycles. The summed E-state index contributed by atoms with van der Waals surface area (Å²) in [7, 11) is 1.83. The summed E-state index contributed by atoms with van der Waals surface area (Å²) in [5.41, 5.74) is -0.468. The highest BCUT2D eigenvalue weighted by atomic mass is 79.9. The van der Waals surface area contributed by atoms with Crippen LogP contribution in [0.3, 0.4) is 0 Å². The smallest absolute Gasteiger partial charge is 0.410 e. The van der Waals surface area contributed by atoms with Crippen LogP contribution in [0.4, 0.5) is 4.79 Å². The summed E-state index contributed by atoms with van der Waals surface area (Å²) in [6, 6.07) is 0.0666. The van der Waals surface area contributed by atoms with Crippen LogP contribution in [-0.2, 0) is 11.8 Å². The van der Waals surface area contributed by atoms with E-state index in [1.54, 1.807) is 15.8 Å². The van der Waals surface area contributed by atoms with Gasteiger partial charge >= 0.3 is 6.09 Å². The average molecular weight is 346 g/mol. The van der Waals surface area contributed by atoms with E-state index in [1.807, 2.05) is 27.8 Å². The fourth-order valence-corrected chi connectivity index (χ4v) is 2.17. The molecule has 1 aromatic heterocycles. The van der Waals surface area contributed by atoms with Crippen LogP contribution in [0, 0.1) is 0 Å². The quantitative estimate of drug-likeness (QED) is 0.844. The van der Waals surface area contributed by atoms with E-state index in [4.69, 9.17) is 9.47 Å². The molecular weight excluding hydrogens is 326 g/mol. The van der Waals surface area contributed by atoms with Gasteiger partial charge in [0.15, 0.2) is 5.75 Å². The molecule has 6 nitrogen and oxygen atoms in total. The summed E-state index contributed by atoms with van der Waals surface area (Å²) in [6.07, 6.45) is 2.31. The minimum absolute atomic E-state index is 0.0666. The normalized spacial score (nSPS) is 18.6. The van der Waals surface area contributed by atoms with E-state index < -0.39 is 5.60 Å². The number of halogens is 1. The van der Waals surface area contributed by atoms with Gasteiger partial charge in [-0.2, -0.15) is 5.10 Å². The first kappa shape index (κ1) is 15.2. The van der Waals surface area contributed by atoms with Gasteiger partial charge in [0.1, 0.15) is 16.8 Å². The first-order valence-corrected chi connectivity index (χ1v) is 7.37. The van der Waals surface area contributed by atoms with Crippen LogP contribution in [0.5, 0.6) is 5.75 Å². The number of aryl methyl sites for hydroxylation is 1. The van der Waals surface area contributed by atoms with Crippen molar-refractivity contribution in [3.63, 3.8) is 0 Å². The van der Waals surface area contributed by atoms with Crippen LogP contribution in [0.2, 0.25) is 0 Å². The summed E-state index contributed by atoms with van der Waals surface area (Å²) in [5.74, 6) is 0.684. The Hall–Kier alpha value is -1.24. The SMILES string of the molecule is Cn1ncc(OC[C@@H]2CCN2C(=O)OC(C)(C)C)c1Br. The predicted octanol–water partition coefficient (Wildman–Crippen LogP) is 2.57. The van der Waals surface area contributed by atoms with E-state index in [0.717, 1.165) is 17.6 Å². The molecule has 0 bridgehead atoms. The summed E-state index contributed by atoms with van der Waals surface area (Å²) < 4.78 is 13.5. The van der Waals surface area contributed by atoms with Crippen molar-refractivity contribution in [3.05, 3.63) is 10.8 Å².